The van der Waals surface area contributed by atoms with Crippen LogP contribution >= 0.6 is 11.8 Å². The summed E-state index contributed by atoms with van der Waals surface area (Å²) in [5.74, 6) is 1.05. The molecule has 0 spiro atoms. The third-order valence-corrected chi connectivity index (χ3v) is 4.26. The van der Waals surface area contributed by atoms with Crippen molar-refractivity contribution in [3.8, 4) is 0 Å². The van der Waals surface area contributed by atoms with Gasteiger partial charge < -0.3 is 0 Å². The van der Waals surface area contributed by atoms with Gasteiger partial charge in [-0.15, -0.1) is 18.3 Å². The fourth-order valence-corrected chi connectivity index (χ4v) is 3.01. The Hall–Kier alpha value is -1.81. The molecule has 0 saturated carbocycles. The molecular weight excluding hydrogens is 280 g/mol. The number of benzene rings is 1. The number of allylic oxidation sites excluding steroid dienone is 1. The van der Waals surface area contributed by atoms with E-state index in [4.69, 9.17) is 0 Å². The third kappa shape index (κ3) is 4.33. The Balaban J connectivity index is 2.18. The lowest BCUT2D eigenvalue weighted by molar-refractivity contribution is -0.121. The van der Waals surface area contributed by atoms with E-state index >= 15 is 0 Å². The Bertz CT molecular complexity index is 605. The van der Waals surface area contributed by atoms with Gasteiger partial charge in [0.2, 0.25) is 5.91 Å². The molecule has 1 amide bonds. The molecular formula is C17H20N2OS. The normalized spacial score (nSPS) is 19.0. The Morgan fingerprint density at radius 3 is 3.10 bits per heavy atom. The summed E-state index contributed by atoms with van der Waals surface area (Å²) in [7, 11) is 0. The van der Waals surface area contributed by atoms with Gasteiger partial charge >= 0.3 is 0 Å². The van der Waals surface area contributed by atoms with Crippen molar-refractivity contribution in [3.05, 3.63) is 48.1 Å². The smallest absolute Gasteiger partial charge is 0.240 e. The van der Waals surface area contributed by atoms with Crippen LogP contribution in [0, 0.1) is 5.92 Å². The van der Waals surface area contributed by atoms with Crippen molar-refractivity contribution in [1.29, 1.82) is 0 Å². The summed E-state index contributed by atoms with van der Waals surface area (Å²) in [5.41, 5.74) is 5.76. The summed E-state index contributed by atoms with van der Waals surface area (Å²) < 4.78 is 0. The average molecular weight is 300 g/mol. The Morgan fingerprint density at radius 1 is 1.57 bits per heavy atom. The molecule has 3 nitrogen and oxygen atoms in total. The first-order valence-corrected chi connectivity index (χ1v) is 7.97. The minimum atomic E-state index is -0.0122. The highest BCUT2D eigenvalue weighted by molar-refractivity contribution is 7.99. The standard InChI is InChI=1S/C17H20N2OS/c1-4-8-21-15-7-5-6-14(11-15)9-12(2)17-13(3)10-16(20)18-19-17/h4-7,9,11,13H,1,8,10H2,2-3H3,(H,18,20). The molecule has 1 heterocycles. The van der Waals surface area contributed by atoms with E-state index in [-0.39, 0.29) is 11.8 Å². The van der Waals surface area contributed by atoms with E-state index in [1.807, 2.05) is 19.9 Å². The number of hydrogen-bond acceptors (Lipinski definition) is 3. The van der Waals surface area contributed by atoms with Gasteiger partial charge in [-0.3, -0.25) is 4.79 Å². The predicted octanol–water partition coefficient (Wildman–Crippen LogP) is 3.88. The second-order valence-corrected chi connectivity index (χ2v) is 6.23. The lowest BCUT2D eigenvalue weighted by Gasteiger charge is -2.19. The molecule has 21 heavy (non-hydrogen) atoms. The van der Waals surface area contributed by atoms with Gasteiger partial charge in [0, 0.05) is 23.0 Å². The molecule has 1 aromatic rings. The van der Waals surface area contributed by atoms with E-state index in [0.717, 1.165) is 22.6 Å². The van der Waals surface area contributed by atoms with Gasteiger partial charge in [-0.25, -0.2) is 5.43 Å². The minimum absolute atomic E-state index is 0.0122. The first-order valence-electron chi connectivity index (χ1n) is 6.99. The highest BCUT2D eigenvalue weighted by atomic mass is 32.2. The van der Waals surface area contributed by atoms with Crippen molar-refractivity contribution < 1.29 is 4.79 Å². The van der Waals surface area contributed by atoms with E-state index < -0.39 is 0 Å². The second kappa shape index (κ2) is 7.27. The summed E-state index contributed by atoms with van der Waals surface area (Å²) in [6, 6.07) is 8.39. The van der Waals surface area contributed by atoms with Crippen LogP contribution in [0.5, 0.6) is 0 Å². The maximum atomic E-state index is 11.3. The summed E-state index contributed by atoms with van der Waals surface area (Å²) in [5, 5.41) is 4.19. The quantitative estimate of drug-likeness (QED) is 0.662. The number of nitrogens with zero attached hydrogens (tertiary/aromatic N) is 1. The van der Waals surface area contributed by atoms with Gasteiger partial charge in [0.1, 0.15) is 0 Å². The van der Waals surface area contributed by atoms with Crippen LogP contribution < -0.4 is 5.43 Å². The maximum Gasteiger partial charge on any atom is 0.240 e. The highest BCUT2D eigenvalue weighted by Crippen LogP contribution is 2.22. The molecule has 0 bridgehead atoms. The summed E-state index contributed by atoms with van der Waals surface area (Å²) in [6.45, 7) is 7.81. The number of amides is 1. The number of hydrazone groups is 1. The number of rotatable bonds is 5. The number of carbonyl (C=O) groups excluding carboxylic acids is 1. The van der Waals surface area contributed by atoms with Crippen LogP contribution in [-0.2, 0) is 4.79 Å². The molecule has 0 radical (unpaired) electrons. The molecule has 0 fully saturated rings. The molecule has 0 aromatic heterocycles. The lowest BCUT2D eigenvalue weighted by Crippen LogP contribution is -2.31. The molecule has 1 aliphatic heterocycles. The number of hydrogen-bond donors (Lipinski definition) is 1. The first kappa shape index (κ1) is 15.6. The van der Waals surface area contributed by atoms with Crippen LogP contribution in [0.15, 0.2) is 52.5 Å². The van der Waals surface area contributed by atoms with Gasteiger partial charge in [0.05, 0.1) is 5.71 Å². The molecule has 4 heteroatoms. The molecule has 1 aliphatic rings. The van der Waals surface area contributed by atoms with Crippen LogP contribution in [0.2, 0.25) is 0 Å². The summed E-state index contributed by atoms with van der Waals surface area (Å²) in [6.07, 6.45) is 4.52. The van der Waals surface area contributed by atoms with Crippen molar-refractivity contribution in [2.24, 2.45) is 11.0 Å². The van der Waals surface area contributed by atoms with Gasteiger partial charge in [0.25, 0.3) is 0 Å². The zero-order valence-electron chi connectivity index (χ0n) is 12.4. The van der Waals surface area contributed by atoms with Crippen molar-refractivity contribution in [1.82, 2.24) is 5.43 Å². The molecule has 0 aliphatic carbocycles. The summed E-state index contributed by atoms with van der Waals surface area (Å²) in [4.78, 5) is 12.5. The zero-order chi connectivity index (χ0) is 15.2. The van der Waals surface area contributed by atoms with Gasteiger partial charge in [-0.2, -0.15) is 5.10 Å². The molecule has 1 N–H and O–H groups in total. The van der Waals surface area contributed by atoms with E-state index in [1.165, 1.54) is 4.90 Å². The summed E-state index contributed by atoms with van der Waals surface area (Å²) >= 11 is 1.76. The molecule has 2 rings (SSSR count). The predicted molar refractivity (Wildman–Crippen MR) is 90.4 cm³/mol. The van der Waals surface area contributed by atoms with Gasteiger partial charge in [-0.05, 0) is 30.2 Å². The van der Waals surface area contributed by atoms with Gasteiger partial charge in [-0.1, -0.05) is 31.2 Å². The zero-order valence-corrected chi connectivity index (χ0v) is 13.2. The Morgan fingerprint density at radius 2 is 2.38 bits per heavy atom. The van der Waals surface area contributed by atoms with Gasteiger partial charge in [0.15, 0.2) is 0 Å². The number of carbonyl (C=O) groups is 1. The van der Waals surface area contributed by atoms with Crippen LogP contribution in [0.25, 0.3) is 6.08 Å². The molecule has 0 saturated heterocycles. The third-order valence-electron chi connectivity index (χ3n) is 3.27. The molecule has 1 aromatic carbocycles. The fourth-order valence-electron chi connectivity index (χ4n) is 2.30. The first-order chi connectivity index (χ1) is 10.1. The Kier molecular flexibility index (Phi) is 5.39. The van der Waals surface area contributed by atoms with E-state index in [9.17, 15) is 4.79 Å². The average Bonchev–Trinajstić information content (AvgIpc) is 2.45. The van der Waals surface area contributed by atoms with Crippen molar-refractivity contribution in [2.45, 2.75) is 25.2 Å². The maximum absolute atomic E-state index is 11.3. The largest absolute Gasteiger partial charge is 0.273 e. The number of thioether (sulfide) groups is 1. The van der Waals surface area contributed by atoms with Crippen LogP contribution in [0.1, 0.15) is 25.8 Å². The molecule has 1 atom stereocenters. The molecule has 110 valence electrons. The monoisotopic (exact) mass is 300 g/mol. The van der Waals surface area contributed by atoms with Crippen molar-refractivity contribution in [2.75, 3.05) is 5.75 Å². The van der Waals surface area contributed by atoms with Crippen LogP contribution in [0.3, 0.4) is 0 Å². The SMILES string of the molecule is C=CCSc1cccc(C=C(C)C2=NNC(=O)CC2C)c1. The second-order valence-electron chi connectivity index (χ2n) is 5.14. The lowest BCUT2D eigenvalue weighted by atomic mass is 9.94. The Labute approximate surface area is 130 Å². The van der Waals surface area contributed by atoms with Crippen molar-refractivity contribution in [3.63, 3.8) is 0 Å². The number of nitrogens with one attached hydrogen (secondary N) is 1. The van der Waals surface area contributed by atoms with E-state index in [2.05, 4.69) is 47.4 Å². The van der Waals surface area contributed by atoms with Crippen LogP contribution in [-0.4, -0.2) is 17.4 Å². The molecule has 1 unspecified atom stereocenters. The van der Waals surface area contributed by atoms with Crippen LogP contribution in [0.4, 0.5) is 0 Å². The van der Waals surface area contributed by atoms with E-state index in [0.29, 0.717) is 6.42 Å². The van der Waals surface area contributed by atoms with Crippen molar-refractivity contribution >= 4 is 29.5 Å². The topological polar surface area (TPSA) is 41.5 Å². The highest BCUT2D eigenvalue weighted by Gasteiger charge is 2.21. The van der Waals surface area contributed by atoms with E-state index in [1.54, 1.807) is 11.8 Å². The fraction of sp³-hybridized carbons (Fsp3) is 0.294. The minimum Gasteiger partial charge on any atom is -0.273 e.